The standard InChI is InChI=1S/C17H23FN2/c18-15-4-2-1-3-14(15)16(20-19)17-8-11-5-12(9-17)7-13(6-11)10-17/h1-4,11-13,16,20H,5-10,19H2. The summed E-state index contributed by atoms with van der Waals surface area (Å²) in [6.07, 6.45) is 7.86. The summed E-state index contributed by atoms with van der Waals surface area (Å²) in [4.78, 5) is 0. The normalized spacial score (nSPS) is 40.0. The fraction of sp³-hybridized carbons (Fsp3) is 0.647. The molecule has 0 amide bonds. The van der Waals surface area contributed by atoms with Crippen LogP contribution in [-0.4, -0.2) is 0 Å². The molecule has 0 spiro atoms. The molecule has 1 unspecified atom stereocenters. The van der Waals surface area contributed by atoms with Gasteiger partial charge >= 0.3 is 0 Å². The Morgan fingerprint density at radius 2 is 1.60 bits per heavy atom. The third-order valence-electron chi connectivity index (χ3n) is 6.08. The van der Waals surface area contributed by atoms with Crippen molar-refractivity contribution < 1.29 is 4.39 Å². The molecule has 5 rings (SSSR count). The van der Waals surface area contributed by atoms with Gasteiger partial charge < -0.3 is 0 Å². The average molecular weight is 274 g/mol. The second-order valence-electron chi connectivity index (χ2n) is 7.40. The number of hydrogen-bond donors (Lipinski definition) is 2. The van der Waals surface area contributed by atoms with E-state index >= 15 is 0 Å². The van der Waals surface area contributed by atoms with Gasteiger partial charge in [-0.25, -0.2) is 4.39 Å². The molecule has 0 saturated heterocycles. The van der Waals surface area contributed by atoms with E-state index in [4.69, 9.17) is 5.84 Å². The molecule has 20 heavy (non-hydrogen) atoms. The number of rotatable bonds is 3. The van der Waals surface area contributed by atoms with Gasteiger partial charge in [-0.2, -0.15) is 0 Å². The monoisotopic (exact) mass is 274 g/mol. The van der Waals surface area contributed by atoms with Gasteiger partial charge in [0.1, 0.15) is 5.82 Å². The third kappa shape index (κ3) is 1.83. The van der Waals surface area contributed by atoms with Crippen LogP contribution in [0.1, 0.15) is 50.1 Å². The predicted molar refractivity (Wildman–Crippen MR) is 77.1 cm³/mol. The average Bonchev–Trinajstić information content (AvgIpc) is 2.40. The summed E-state index contributed by atoms with van der Waals surface area (Å²) >= 11 is 0. The summed E-state index contributed by atoms with van der Waals surface area (Å²) in [5.74, 6) is 8.31. The zero-order valence-electron chi connectivity index (χ0n) is 11.8. The van der Waals surface area contributed by atoms with Crippen LogP contribution in [0.4, 0.5) is 4.39 Å². The van der Waals surface area contributed by atoms with Gasteiger partial charge in [0.2, 0.25) is 0 Å². The van der Waals surface area contributed by atoms with Crippen molar-refractivity contribution in [3.63, 3.8) is 0 Å². The zero-order chi connectivity index (χ0) is 13.7. The highest BCUT2D eigenvalue weighted by Gasteiger charge is 2.54. The highest BCUT2D eigenvalue weighted by molar-refractivity contribution is 5.25. The fourth-order valence-electron chi connectivity index (χ4n) is 5.84. The van der Waals surface area contributed by atoms with Crippen LogP contribution in [-0.2, 0) is 0 Å². The largest absolute Gasteiger partial charge is 0.271 e. The molecule has 0 aromatic heterocycles. The Morgan fingerprint density at radius 3 is 2.10 bits per heavy atom. The van der Waals surface area contributed by atoms with Crippen molar-refractivity contribution in [2.24, 2.45) is 29.0 Å². The van der Waals surface area contributed by atoms with E-state index in [1.165, 1.54) is 38.5 Å². The minimum Gasteiger partial charge on any atom is -0.271 e. The van der Waals surface area contributed by atoms with Gasteiger partial charge in [0.25, 0.3) is 0 Å². The lowest BCUT2D eigenvalue weighted by Gasteiger charge is -2.59. The maximum absolute atomic E-state index is 14.2. The molecule has 4 aliphatic rings. The molecular formula is C17H23FN2. The van der Waals surface area contributed by atoms with E-state index in [0.717, 1.165) is 23.3 Å². The zero-order valence-corrected chi connectivity index (χ0v) is 11.8. The second-order valence-corrected chi connectivity index (χ2v) is 7.40. The van der Waals surface area contributed by atoms with Crippen molar-refractivity contribution in [1.82, 2.24) is 5.43 Å². The summed E-state index contributed by atoms with van der Waals surface area (Å²) < 4.78 is 14.2. The Hall–Kier alpha value is -0.930. The van der Waals surface area contributed by atoms with Crippen molar-refractivity contribution in [2.75, 3.05) is 0 Å². The van der Waals surface area contributed by atoms with Crippen LogP contribution in [0.2, 0.25) is 0 Å². The van der Waals surface area contributed by atoms with E-state index in [2.05, 4.69) is 5.43 Å². The Morgan fingerprint density at radius 1 is 1.05 bits per heavy atom. The third-order valence-corrected chi connectivity index (χ3v) is 6.08. The van der Waals surface area contributed by atoms with Crippen molar-refractivity contribution in [1.29, 1.82) is 0 Å². The molecule has 3 heteroatoms. The maximum Gasteiger partial charge on any atom is 0.128 e. The molecule has 4 saturated carbocycles. The quantitative estimate of drug-likeness (QED) is 0.653. The first-order chi connectivity index (χ1) is 9.70. The van der Waals surface area contributed by atoms with Crippen LogP contribution >= 0.6 is 0 Å². The Bertz CT molecular complexity index is 478. The highest BCUT2D eigenvalue weighted by Crippen LogP contribution is 2.63. The first-order valence-corrected chi connectivity index (χ1v) is 7.91. The van der Waals surface area contributed by atoms with Gasteiger partial charge in [-0.1, -0.05) is 18.2 Å². The summed E-state index contributed by atoms with van der Waals surface area (Å²) in [7, 11) is 0. The minimum atomic E-state index is -0.119. The number of halogens is 1. The van der Waals surface area contributed by atoms with Crippen molar-refractivity contribution in [3.8, 4) is 0 Å². The molecule has 1 atom stereocenters. The van der Waals surface area contributed by atoms with Gasteiger partial charge in [-0.15, -0.1) is 0 Å². The maximum atomic E-state index is 14.2. The summed E-state index contributed by atoms with van der Waals surface area (Å²) in [5, 5.41) is 0. The van der Waals surface area contributed by atoms with Gasteiger partial charge in [-0.3, -0.25) is 11.3 Å². The van der Waals surface area contributed by atoms with Crippen LogP contribution in [0.15, 0.2) is 24.3 Å². The van der Waals surface area contributed by atoms with Crippen molar-refractivity contribution in [2.45, 2.75) is 44.6 Å². The van der Waals surface area contributed by atoms with Crippen LogP contribution in [0.25, 0.3) is 0 Å². The number of nitrogens with one attached hydrogen (secondary N) is 1. The Balaban J connectivity index is 1.73. The van der Waals surface area contributed by atoms with Crippen molar-refractivity contribution >= 4 is 0 Å². The number of hydrogen-bond acceptors (Lipinski definition) is 2. The summed E-state index contributed by atoms with van der Waals surface area (Å²) in [6.45, 7) is 0. The van der Waals surface area contributed by atoms with E-state index in [1.54, 1.807) is 12.1 Å². The molecule has 2 nitrogen and oxygen atoms in total. The summed E-state index contributed by atoms with van der Waals surface area (Å²) in [5.41, 5.74) is 3.92. The summed E-state index contributed by atoms with van der Waals surface area (Å²) in [6, 6.07) is 7.10. The molecule has 4 aliphatic carbocycles. The highest BCUT2D eigenvalue weighted by atomic mass is 19.1. The van der Waals surface area contributed by atoms with E-state index in [-0.39, 0.29) is 17.3 Å². The molecular weight excluding hydrogens is 251 g/mol. The van der Waals surface area contributed by atoms with Crippen LogP contribution in [0, 0.1) is 29.0 Å². The van der Waals surface area contributed by atoms with Gasteiger partial charge in [-0.05, 0) is 67.8 Å². The molecule has 0 heterocycles. The smallest absolute Gasteiger partial charge is 0.128 e. The molecule has 0 radical (unpaired) electrons. The topological polar surface area (TPSA) is 38.0 Å². The predicted octanol–water partition coefficient (Wildman–Crippen LogP) is 3.55. The second kappa shape index (κ2) is 4.54. The molecule has 3 N–H and O–H groups in total. The lowest BCUT2D eigenvalue weighted by Crippen LogP contribution is -2.53. The van der Waals surface area contributed by atoms with E-state index in [1.807, 2.05) is 12.1 Å². The fourth-order valence-corrected chi connectivity index (χ4v) is 5.84. The van der Waals surface area contributed by atoms with E-state index in [0.29, 0.717) is 0 Å². The first kappa shape index (κ1) is 12.8. The van der Waals surface area contributed by atoms with Gasteiger partial charge in [0, 0.05) is 5.56 Å². The lowest BCUT2D eigenvalue weighted by atomic mass is 9.47. The molecule has 0 aliphatic heterocycles. The number of nitrogens with two attached hydrogens (primary N) is 1. The Kier molecular flexibility index (Phi) is 2.90. The van der Waals surface area contributed by atoms with Gasteiger partial charge in [0.15, 0.2) is 0 Å². The number of benzene rings is 1. The Labute approximate surface area is 119 Å². The van der Waals surface area contributed by atoms with Crippen LogP contribution in [0.5, 0.6) is 0 Å². The minimum absolute atomic E-state index is 0.0305. The van der Waals surface area contributed by atoms with Crippen LogP contribution in [0.3, 0.4) is 0 Å². The van der Waals surface area contributed by atoms with E-state index < -0.39 is 0 Å². The molecule has 4 fully saturated rings. The first-order valence-electron chi connectivity index (χ1n) is 7.91. The molecule has 4 bridgehead atoms. The number of hydrazine groups is 1. The molecule has 1 aromatic carbocycles. The van der Waals surface area contributed by atoms with Gasteiger partial charge in [0.05, 0.1) is 6.04 Å². The van der Waals surface area contributed by atoms with E-state index in [9.17, 15) is 4.39 Å². The van der Waals surface area contributed by atoms with Crippen molar-refractivity contribution in [3.05, 3.63) is 35.6 Å². The lowest BCUT2D eigenvalue weighted by molar-refractivity contribution is -0.0755. The van der Waals surface area contributed by atoms with Crippen LogP contribution < -0.4 is 11.3 Å². The SMILES string of the molecule is NNC(c1ccccc1F)C12CC3CC(CC(C3)C1)C2. The molecule has 1 aromatic rings. The molecule has 108 valence electrons.